The van der Waals surface area contributed by atoms with Gasteiger partial charge < -0.3 is 15.3 Å². The number of carbonyl (C=O) groups is 2. The maximum atomic E-state index is 14.1. The zero-order valence-electron chi connectivity index (χ0n) is 22.8. The number of piperidine rings is 1. The minimum absolute atomic E-state index is 0.0381. The molecule has 0 unspecified atom stereocenters. The molecular formula is C28H28F6N4O4. The van der Waals surface area contributed by atoms with E-state index >= 15 is 0 Å². The summed E-state index contributed by atoms with van der Waals surface area (Å²) in [5.74, 6) is -3.25. The minimum Gasteiger partial charge on any atom is -0.480 e. The normalized spacial score (nSPS) is 16.4. The van der Waals surface area contributed by atoms with Gasteiger partial charge in [-0.25, -0.2) is 9.78 Å². The number of aryl methyl sites for hydroxylation is 1. The molecule has 1 aromatic heterocycles. The molecule has 14 heteroatoms. The lowest BCUT2D eigenvalue weighted by atomic mass is 9.96. The molecule has 1 amide bonds. The Bertz CT molecular complexity index is 1560. The molecule has 0 saturated carbocycles. The lowest BCUT2D eigenvalue weighted by Gasteiger charge is -2.33. The standard InChI is InChI=1S/C28H28F6N4O4/c1-14(35-19-6-4-17(5-7-19)24(39)37-10-8-18(9-11-37)27(29,30)31)20-12-21-23(13-22(20)28(32,33)34)36-16(3)38(25(21)40)15(2)26(41)42/h4-7,12-15,18,35H,8-11H2,1-3H3,(H,41,42)/t14-,15+/m0/s1. The molecule has 8 nitrogen and oxygen atoms in total. The number of alkyl halides is 6. The fourth-order valence-electron chi connectivity index (χ4n) is 5.17. The Morgan fingerprint density at radius 2 is 1.62 bits per heavy atom. The topological polar surface area (TPSA) is 105 Å². The summed E-state index contributed by atoms with van der Waals surface area (Å²) in [4.78, 5) is 42.8. The van der Waals surface area contributed by atoms with Gasteiger partial charge in [0.05, 0.1) is 22.4 Å². The van der Waals surface area contributed by atoms with E-state index < -0.39 is 53.4 Å². The number of carboxylic acids is 1. The van der Waals surface area contributed by atoms with Gasteiger partial charge in [-0.2, -0.15) is 26.3 Å². The van der Waals surface area contributed by atoms with Gasteiger partial charge in [-0.3, -0.25) is 14.2 Å². The molecule has 2 aromatic carbocycles. The van der Waals surface area contributed by atoms with Gasteiger partial charge >= 0.3 is 18.3 Å². The van der Waals surface area contributed by atoms with Gasteiger partial charge in [-0.05, 0) is 75.6 Å². The van der Waals surface area contributed by atoms with Gasteiger partial charge in [0.25, 0.3) is 11.5 Å². The molecule has 1 aliphatic rings. The highest BCUT2D eigenvalue weighted by Gasteiger charge is 2.42. The summed E-state index contributed by atoms with van der Waals surface area (Å²) in [6, 6.07) is 5.30. The van der Waals surface area contributed by atoms with Crippen molar-refractivity contribution in [1.29, 1.82) is 0 Å². The SMILES string of the molecule is Cc1nc2cc(C(F)(F)F)c([C@H](C)Nc3ccc(C(=O)N4CCC(C(F)(F)F)CC4)cc3)cc2c(=O)n1[C@H](C)C(=O)O. The van der Waals surface area contributed by atoms with Crippen molar-refractivity contribution in [1.82, 2.24) is 14.5 Å². The number of aromatic nitrogens is 2. The maximum absolute atomic E-state index is 14.1. The van der Waals surface area contributed by atoms with Gasteiger partial charge in [0.2, 0.25) is 0 Å². The van der Waals surface area contributed by atoms with E-state index in [0.29, 0.717) is 5.69 Å². The Hall–Kier alpha value is -4.10. The molecule has 1 saturated heterocycles. The number of hydrogen-bond donors (Lipinski definition) is 2. The molecule has 0 radical (unpaired) electrons. The fourth-order valence-corrected chi connectivity index (χ4v) is 5.17. The molecule has 2 heterocycles. The van der Waals surface area contributed by atoms with Crippen LogP contribution in [0.3, 0.4) is 0 Å². The lowest BCUT2D eigenvalue weighted by molar-refractivity contribution is -0.183. The summed E-state index contributed by atoms with van der Waals surface area (Å²) in [6.07, 6.45) is -9.48. The zero-order valence-corrected chi connectivity index (χ0v) is 22.8. The second kappa shape index (κ2) is 11.3. The predicted molar refractivity (Wildman–Crippen MR) is 141 cm³/mol. The first kappa shape index (κ1) is 30.8. The van der Waals surface area contributed by atoms with Gasteiger partial charge in [0.15, 0.2) is 0 Å². The van der Waals surface area contributed by atoms with Crippen LogP contribution in [0.15, 0.2) is 41.2 Å². The number of nitrogens with zero attached hydrogens (tertiary/aromatic N) is 3. The first-order chi connectivity index (χ1) is 19.5. The van der Waals surface area contributed by atoms with Crippen LogP contribution in [0.25, 0.3) is 10.9 Å². The predicted octanol–water partition coefficient (Wildman–Crippen LogP) is 5.96. The third-order valence-corrected chi connectivity index (χ3v) is 7.52. The number of anilines is 1. The summed E-state index contributed by atoms with van der Waals surface area (Å²) >= 11 is 0. The number of nitrogens with one attached hydrogen (secondary N) is 1. The van der Waals surface area contributed by atoms with Crippen molar-refractivity contribution in [3.05, 3.63) is 69.3 Å². The Labute approximate surface area is 236 Å². The van der Waals surface area contributed by atoms with Crippen molar-refractivity contribution in [2.75, 3.05) is 18.4 Å². The number of carboxylic acid groups (broad SMARTS) is 1. The molecule has 42 heavy (non-hydrogen) atoms. The molecule has 2 N–H and O–H groups in total. The first-order valence-corrected chi connectivity index (χ1v) is 13.1. The van der Waals surface area contributed by atoms with E-state index in [-0.39, 0.29) is 53.8 Å². The highest BCUT2D eigenvalue weighted by Crippen LogP contribution is 2.38. The maximum Gasteiger partial charge on any atom is 0.416 e. The van der Waals surface area contributed by atoms with Crippen molar-refractivity contribution in [2.24, 2.45) is 5.92 Å². The summed E-state index contributed by atoms with van der Waals surface area (Å²) < 4.78 is 81.9. The number of halogens is 6. The number of aliphatic carboxylic acids is 1. The van der Waals surface area contributed by atoms with Crippen molar-refractivity contribution in [2.45, 2.75) is 58.0 Å². The third kappa shape index (κ3) is 6.21. The van der Waals surface area contributed by atoms with E-state index in [9.17, 15) is 45.8 Å². The van der Waals surface area contributed by atoms with Crippen LogP contribution in [0.1, 0.15) is 66.1 Å². The van der Waals surface area contributed by atoms with Crippen LogP contribution in [-0.4, -0.2) is 50.7 Å². The largest absolute Gasteiger partial charge is 0.480 e. The molecule has 1 fully saturated rings. The van der Waals surface area contributed by atoms with Crippen LogP contribution < -0.4 is 10.9 Å². The van der Waals surface area contributed by atoms with E-state index in [1.54, 1.807) is 0 Å². The number of likely N-dealkylation sites (tertiary alicyclic amines) is 1. The number of hydrogen-bond acceptors (Lipinski definition) is 5. The van der Waals surface area contributed by atoms with Crippen LogP contribution in [0.4, 0.5) is 32.0 Å². The van der Waals surface area contributed by atoms with E-state index in [0.717, 1.165) is 16.7 Å². The van der Waals surface area contributed by atoms with Crippen LogP contribution in [-0.2, 0) is 11.0 Å². The Morgan fingerprint density at radius 3 is 2.14 bits per heavy atom. The Kier molecular flexibility index (Phi) is 8.29. The van der Waals surface area contributed by atoms with E-state index in [2.05, 4.69) is 10.3 Å². The molecule has 226 valence electrons. The van der Waals surface area contributed by atoms with Gasteiger partial charge in [-0.1, -0.05) is 0 Å². The number of rotatable bonds is 6. The van der Waals surface area contributed by atoms with Crippen LogP contribution in [0, 0.1) is 12.8 Å². The number of amides is 1. The Morgan fingerprint density at radius 1 is 1.02 bits per heavy atom. The van der Waals surface area contributed by atoms with E-state index in [1.165, 1.54) is 49.9 Å². The van der Waals surface area contributed by atoms with Crippen LogP contribution >= 0.6 is 0 Å². The quantitative estimate of drug-likeness (QED) is 0.340. The lowest BCUT2D eigenvalue weighted by Crippen LogP contribution is -2.42. The van der Waals surface area contributed by atoms with Crippen molar-refractivity contribution < 1.29 is 41.0 Å². The van der Waals surface area contributed by atoms with Crippen molar-refractivity contribution in [3.63, 3.8) is 0 Å². The molecule has 2 atom stereocenters. The summed E-state index contributed by atoms with van der Waals surface area (Å²) in [7, 11) is 0. The molecule has 3 aromatic rings. The molecule has 0 aliphatic carbocycles. The molecule has 0 bridgehead atoms. The van der Waals surface area contributed by atoms with Crippen molar-refractivity contribution >= 4 is 28.5 Å². The van der Waals surface area contributed by atoms with Crippen LogP contribution in [0.2, 0.25) is 0 Å². The number of benzene rings is 2. The number of fused-ring (bicyclic) bond motifs is 1. The van der Waals surface area contributed by atoms with E-state index in [1.807, 2.05) is 0 Å². The van der Waals surface area contributed by atoms with Crippen LogP contribution in [0.5, 0.6) is 0 Å². The highest BCUT2D eigenvalue weighted by atomic mass is 19.4. The van der Waals surface area contributed by atoms with E-state index in [4.69, 9.17) is 0 Å². The summed E-state index contributed by atoms with van der Waals surface area (Å²) in [5, 5.41) is 12.1. The van der Waals surface area contributed by atoms with Gasteiger partial charge in [0, 0.05) is 30.4 Å². The summed E-state index contributed by atoms with van der Waals surface area (Å²) in [5.41, 5.74) is -1.76. The van der Waals surface area contributed by atoms with Crippen molar-refractivity contribution in [3.8, 4) is 0 Å². The minimum atomic E-state index is -4.80. The molecular weight excluding hydrogens is 570 g/mol. The third-order valence-electron chi connectivity index (χ3n) is 7.52. The fraction of sp³-hybridized carbons (Fsp3) is 0.429. The summed E-state index contributed by atoms with van der Waals surface area (Å²) in [6.45, 7) is 3.97. The average Bonchev–Trinajstić information content (AvgIpc) is 2.91. The molecule has 4 rings (SSSR count). The second-order valence-electron chi connectivity index (χ2n) is 10.4. The average molecular weight is 599 g/mol. The van der Waals surface area contributed by atoms with Gasteiger partial charge in [-0.15, -0.1) is 0 Å². The smallest absolute Gasteiger partial charge is 0.416 e. The van der Waals surface area contributed by atoms with Gasteiger partial charge in [0.1, 0.15) is 11.9 Å². The monoisotopic (exact) mass is 598 g/mol. The molecule has 1 aliphatic heterocycles. The highest BCUT2D eigenvalue weighted by molar-refractivity contribution is 5.94. The zero-order chi connectivity index (χ0) is 31.1. The number of carbonyl (C=O) groups excluding carboxylic acids is 1. The first-order valence-electron chi connectivity index (χ1n) is 13.1. The molecule has 0 spiro atoms. The second-order valence-corrected chi connectivity index (χ2v) is 10.4. The Balaban J connectivity index is 1.60.